The van der Waals surface area contributed by atoms with Gasteiger partial charge >= 0.3 is 0 Å². The molecule has 2 aromatic heterocycles. The fourth-order valence-electron chi connectivity index (χ4n) is 5.35. The Morgan fingerprint density at radius 1 is 1.07 bits per heavy atom. The van der Waals surface area contributed by atoms with Crippen molar-refractivity contribution >= 4 is 34.7 Å². The van der Waals surface area contributed by atoms with Crippen molar-refractivity contribution in [2.24, 2.45) is 4.99 Å². The van der Waals surface area contributed by atoms with Gasteiger partial charge in [0.1, 0.15) is 17.3 Å². The average molecular weight is 621 g/mol. The maximum atomic E-state index is 14.0. The fourth-order valence-corrected chi connectivity index (χ4v) is 6.37. The Hall–Kier alpha value is -5.55. The number of rotatable bonds is 7. The van der Waals surface area contributed by atoms with Gasteiger partial charge in [0.25, 0.3) is 17.2 Å². The lowest BCUT2D eigenvalue weighted by atomic mass is 9.95. The van der Waals surface area contributed by atoms with Gasteiger partial charge in [-0.1, -0.05) is 41.7 Å². The third-order valence-corrected chi connectivity index (χ3v) is 8.71. The molecule has 226 valence electrons. The van der Waals surface area contributed by atoms with E-state index in [0.717, 1.165) is 5.56 Å². The van der Waals surface area contributed by atoms with Gasteiger partial charge < -0.3 is 14.5 Å². The van der Waals surface area contributed by atoms with Crippen LogP contribution < -0.4 is 24.9 Å². The minimum Gasteiger partial charge on any atom is -0.497 e. The number of allylic oxidation sites excluding steroid dienone is 1. The van der Waals surface area contributed by atoms with Gasteiger partial charge in [-0.3, -0.25) is 24.3 Å². The summed E-state index contributed by atoms with van der Waals surface area (Å²) in [6.45, 7) is 5.28. The predicted molar refractivity (Wildman–Crippen MR) is 172 cm³/mol. The van der Waals surface area contributed by atoms with Gasteiger partial charge in [-0.15, -0.1) is 0 Å². The first-order valence-electron chi connectivity index (χ1n) is 14.0. The number of nitro groups is 1. The molecule has 0 fully saturated rings. The monoisotopic (exact) mass is 620 g/mol. The van der Waals surface area contributed by atoms with Gasteiger partial charge in [0, 0.05) is 29.0 Å². The molecule has 1 aliphatic rings. The second-order valence-corrected chi connectivity index (χ2v) is 11.6. The lowest BCUT2D eigenvalue weighted by Crippen LogP contribution is -2.40. The van der Waals surface area contributed by atoms with E-state index in [9.17, 15) is 19.7 Å². The third-order valence-electron chi connectivity index (χ3n) is 7.73. The number of nitrogens with zero attached hydrogens (tertiary/aromatic N) is 3. The van der Waals surface area contributed by atoms with Gasteiger partial charge in [0.05, 0.1) is 33.9 Å². The largest absolute Gasteiger partial charge is 0.497 e. The molecule has 1 unspecified atom stereocenters. The maximum Gasteiger partial charge on any atom is 0.273 e. The molecule has 11 heteroatoms. The Balaban J connectivity index is 1.45. The molecule has 0 saturated heterocycles. The first-order chi connectivity index (χ1) is 21.6. The molecule has 1 aliphatic heterocycles. The van der Waals surface area contributed by atoms with Gasteiger partial charge in [-0.05, 0) is 74.4 Å². The summed E-state index contributed by atoms with van der Waals surface area (Å²) >= 11 is 1.18. The molecule has 1 amide bonds. The number of carbonyl (C=O) groups excluding carboxylic acids is 1. The van der Waals surface area contributed by atoms with Crippen molar-refractivity contribution in [3.05, 3.63) is 142 Å². The molecule has 1 atom stereocenters. The number of nitrogens with one attached hydrogen (secondary N) is 1. The first-order valence-corrected chi connectivity index (χ1v) is 14.8. The molecule has 5 aromatic rings. The molecular formula is C34H28N4O6S. The number of fused-ring (bicyclic) bond motifs is 1. The standard InChI is InChI=1S/C34H28N4O6S/c1-19-15-23(17-27(20(19)2)38(41)42)28-14-13-26(44-28)18-29-33(40)37-31(22-9-8-12-25(16-22)43-4)30(21(3)35-34(37)45-29)32(39)36-24-10-6-5-7-11-24/h5-18,31H,1-4H3,(H,36,39)/b29-18-. The highest BCUT2D eigenvalue weighted by molar-refractivity contribution is 7.07. The smallest absolute Gasteiger partial charge is 0.273 e. The Morgan fingerprint density at radius 3 is 2.58 bits per heavy atom. The fraction of sp³-hybridized carbons (Fsp3) is 0.147. The number of ether oxygens (including phenoxy) is 1. The van der Waals surface area contributed by atoms with Gasteiger partial charge in [0.2, 0.25) is 0 Å². The van der Waals surface area contributed by atoms with Crippen LogP contribution in [0.3, 0.4) is 0 Å². The number of furan rings is 1. The van der Waals surface area contributed by atoms with E-state index in [1.807, 2.05) is 43.3 Å². The number of para-hydroxylation sites is 1. The minimum absolute atomic E-state index is 0.0104. The summed E-state index contributed by atoms with van der Waals surface area (Å²) in [5, 5.41) is 14.5. The summed E-state index contributed by atoms with van der Waals surface area (Å²) in [7, 11) is 1.56. The zero-order chi connectivity index (χ0) is 31.8. The van der Waals surface area contributed by atoms with Crippen LogP contribution in [0.4, 0.5) is 11.4 Å². The van der Waals surface area contributed by atoms with Crippen LogP contribution in [0.5, 0.6) is 5.75 Å². The van der Waals surface area contributed by atoms with Crippen molar-refractivity contribution in [1.82, 2.24) is 4.57 Å². The van der Waals surface area contributed by atoms with E-state index in [4.69, 9.17) is 9.15 Å². The second kappa shape index (κ2) is 11.9. The minimum atomic E-state index is -0.773. The molecule has 0 spiro atoms. The van der Waals surface area contributed by atoms with Crippen molar-refractivity contribution in [2.75, 3.05) is 12.4 Å². The average Bonchev–Trinajstić information content (AvgIpc) is 3.62. The molecule has 1 N–H and O–H groups in total. The van der Waals surface area contributed by atoms with Crippen molar-refractivity contribution < 1.29 is 18.9 Å². The van der Waals surface area contributed by atoms with Gasteiger partial charge in [0.15, 0.2) is 4.80 Å². The summed E-state index contributed by atoms with van der Waals surface area (Å²) in [5.74, 6) is 1.04. The Bertz CT molecular complexity index is 2190. The highest BCUT2D eigenvalue weighted by atomic mass is 32.1. The van der Waals surface area contributed by atoms with Crippen molar-refractivity contribution in [3.8, 4) is 17.1 Å². The zero-order valence-electron chi connectivity index (χ0n) is 24.9. The number of hydrogen-bond donors (Lipinski definition) is 1. The highest BCUT2D eigenvalue weighted by Crippen LogP contribution is 2.33. The number of nitro benzene ring substituents is 1. The predicted octanol–water partition coefficient (Wildman–Crippen LogP) is 5.67. The molecule has 0 bridgehead atoms. The number of aryl methyl sites for hydroxylation is 1. The van der Waals surface area contributed by atoms with E-state index in [0.29, 0.717) is 60.3 Å². The number of anilines is 1. The number of methoxy groups -OCH3 is 1. The summed E-state index contributed by atoms with van der Waals surface area (Å²) in [4.78, 5) is 44.1. The van der Waals surface area contributed by atoms with Crippen molar-refractivity contribution in [1.29, 1.82) is 0 Å². The Morgan fingerprint density at radius 2 is 1.84 bits per heavy atom. The van der Waals surface area contributed by atoms with Gasteiger partial charge in [-0.2, -0.15) is 0 Å². The molecular weight excluding hydrogens is 592 g/mol. The first kappa shape index (κ1) is 29.5. The molecule has 45 heavy (non-hydrogen) atoms. The van der Waals surface area contributed by atoms with E-state index in [-0.39, 0.29) is 17.2 Å². The van der Waals surface area contributed by atoms with Crippen molar-refractivity contribution in [3.63, 3.8) is 0 Å². The summed E-state index contributed by atoms with van der Waals surface area (Å²) in [6.07, 6.45) is 1.62. The lowest BCUT2D eigenvalue weighted by molar-refractivity contribution is -0.385. The van der Waals surface area contributed by atoms with Crippen molar-refractivity contribution in [2.45, 2.75) is 26.8 Å². The van der Waals surface area contributed by atoms with Crippen LogP contribution in [-0.4, -0.2) is 22.5 Å². The molecule has 3 heterocycles. The molecule has 3 aromatic carbocycles. The van der Waals surface area contributed by atoms with Crippen LogP contribution in [0.2, 0.25) is 0 Å². The maximum absolute atomic E-state index is 14.0. The van der Waals surface area contributed by atoms with E-state index in [2.05, 4.69) is 10.3 Å². The van der Waals surface area contributed by atoms with E-state index >= 15 is 0 Å². The zero-order valence-corrected chi connectivity index (χ0v) is 25.7. The second-order valence-electron chi connectivity index (χ2n) is 10.6. The normalized spacial score (nSPS) is 14.6. The number of hydrogen-bond acceptors (Lipinski definition) is 8. The van der Waals surface area contributed by atoms with E-state index < -0.39 is 11.0 Å². The molecule has 0 aliphatic carbocycles. The molecule has 6 rings (SSSR count). The molecule has 0 saturated carbocycles. The van der Waals surface area contributed by atoms with Crippen LogP contribution in [0, 0.1) is 24.0 Å². The number of thiazole rings is 1. The number of amides is 1. The van der Waals surface area contributed by atoms with Crippen LogP contribution in [0.1, 0.15) is 35.4 Å². The summed E-state index contributed by atoms with van der Waals surface area (Å²) < 4.78 is 13.4. The summed E-state index contributed by atoms with van der Waals surface area (Å²) in [5.41, 5.74) is 3.72. The SMILES string of the molecule is COc1cccc(C2C(C(=O)Nc3ccccc3)=C(C)N=c3s/c(=C\c4ccc(-c5cc(C)c(C)c([N+](=O)[O-])c5)o4)c(=O)n32)c1. The van der Waals surface area contributed by atoms with Crippen LogP contribution >= 0.6 is 11.3 Å². The number of aromatic nitrogens is 1. The highest BCUT2D eigenvalue weighted by Gasteiger charge is 2.33. The number of carbonyl (C=O) groups is 1. The lowest BCUT2D eigenvalue weighted by Gasteiger charge is -2.25. The number of benzene rings is 3. The Kier molecular flexibility index (Phi) is 7.78. The molecule has 10 nitrogen and oxygen atoms in total. The van der Waals surface area contributed by atoms with Crippen LogP contribution in [0.15, 0.2) is 104 Å². The summed E-state index contributed by atoms with van der Waals surface area (Å²) in [6, 6.07) is 22.3. The van der Waals surface area contributed by atoms with Crippen LogP contribution in [-0.2, 0) is 4.79 Å². The van der Waals surface area contributed by atoms with Gasteiger partial charge in [-0.25, -0.2) is 4.99 Å². The molecule has 0 radical (unpaired) electrons. The van der Waals surface area contributed by atoms with Crippen LogP contribution in [0.25, 0.3) is 17.4 Å². The van der Waals surface area contributed by atoms with E-state index in [1.54, 1.807) is 63.4 Å². The Labute approximate surface area is 261 Å². The quantitative estimate of drug-likeness (QED) is 0.185. The topological polar surface area (TPSA) is 129 Å². The third kappa shape index (κ3) is 5.61. The van der Waals surface area contributed by atoms with E-state index in [1.165, 1.54) is 22.0 Å².